The van der Waals surface area contributed by atoms with E-state index in [0.29, 0.717) is 32.7 Å². The smallest absolute Gasteiger partial charge is 0.257 e. The highest BCUT2D eigenvalue weighted by Crippen LogP contribution is 2.34. The van der Waals surface area contributed by atoms with Gasteiger partial charge in [0.2, 0.25) is 0 Å². The number of nitrogen functional groups attached to an aromatic ring is 1. The monoisotopic (exact) mass is 373 g/mol. The molecule has 6 nitrogen and oxygen atoms in total. The number of fused-ring (bicyclic) bond motifs is 1. The van der Waals surface area contributed by atoms with Crippen molar-refractivity contribution < 1.29 is 0 Å². The fourth-order valence-electron chi connectivity index (χ4n) is 2.94. The summed E-state index contributed by atoms with van der Waals surface area (Å²) in [6, 6.07) is 16.6. The number of hydrogen-bond donors (Lipinski definition) is 2. The lowest BCUT2D eigenvalue weighted by Crippen LogP contribution is -2.06. The number of pyridine rings is 1. The van der Waals surface area contributed by atoms with E-state index in [1.165, 1.54) is 0 Å². The average molecular weight is 374 g/mol. The van der Waals surface area contributed by atoms with E-state index in [-0.39, 0.29) is 17.1 Å². The number of nitrogens with two attached hydrogens (primary N) is 1. The molecule has 0 saturated heterocycles. The molecule has 0 amide bonds. The zero-order valence-electron chi connectivity index (χ0n) is 13.9. The third-order valence-corrected chi connectivity index (χ3v) is 4.47. The predicted octanol–water partition coefficient (Wildman–Crippen LogP) is 3.76. The van der Waals surface area contributed by atoms with Crippen molar-refractivity contribution in [2.24, 2.45) is 0 Å². The molecule has 4 aromatic rings. The Balaban J connectivity index is 2.06. The molecule has 0 aliphatic rings. The number of aromatic nitrogens is 3. The maximum absolute atomic E-state index is 12.1. The molecule has 0 bridgehead atoms. The second-order valence-electron chi connectivity index (χ2n) is 5.86. The summed E-state index contributed by atoms with van der Waals surface area (Å²) in [6.45, 7) is 0. The highest BCUT2D eigenvalue weighted by Gasteiger charge is 2.17. The Kier molecular flexibility index (Phi) is 4.07. The number of nitrogens with zero attached hydrogens (tertiary/aromatic N) is 3. The van der Waals surface area contributed by atoms with E-state index < -0.39 is 0 Å². The molecule has 0 aliphatic heterocycles. The Morgan fingerprint density at radius 1 is 1.04 bits per heavy atom. The van der Waals surface area contributed by atoms with Crippen LogP contribution in [0, 0.1) is 11.3 Å². The minimum atomic E-state index is -0.270. The van der Waals surface area contributed by atoms with Crippen molar-refractivity contribution in [1.82, 2.24) is 15.0 Å². The van der Waals surface area contributed by atoms with Crippen LogP contribution in [0.4, 0.5) is 5.82 Å². The van der Waals surface area contributed by atoms with E-state index in [0.717, 1.165) is 5.56 Å². The van der Waals surface area contributed by atoms with Crippen LogP contribution in [0.5, 0.6) is 0 Å². The van der Waals surface area contributed by atoms with E-state index in [1.807, 2.05) is 36.4 Å². The number of nitrogens with one attached hydrogen (secondary N) is 1. The number of benzene rings is 2. The number of H-pyrrole nitrogens is 1. The summed E-state index contributed by atoms with van der Waals surface area (Å²) in [6.07, 6.45) is 1.55. The Morgan fingerprint density at radius 3 is 2.52 bits per heavy atom. The maximum atomic E-state index is 12.1. The van der Waals surface area contributed by atoms with Crippen LogP contribution >= 0.6 is 11.6 Å². The van der Waals surface area contributed by atoms with E-state index >= 15 is 0 Å². The van der Waals surface area contributed by atoms with Gasteiger partial charge in [-0.2, -0.15) is 5.26 Å². The molecule has 0 aliphatic carbocycles. The number of anilines is 1. The molecule has 4 rings (SSSR count). The van der Waals surface area contributed by atoms with Crippen molar-refractivity contribution in [3.8, 4) is 28.6 Å². The van der Waals surface area contributed by atoms with Crippen LogP contribution in [0.1, 0.15) is 5.69 Å². The lowest BCUT2D eigenvalue weighted by atomic mass is 10.0. The van der Waals surface area contributed by atoms with Crippen LogP contribution in [-0.2, 0) is 0 Å². The van der Waals surface area contributed by atoms with E-state index in [1.54, 1.807) is 24.4 Å². The van der Waals surface area contributed by atoms with Gasteiger partial charge >= 0.3 is 0 Å². The van der Waals surface area contributed by atoms with Crippen LogP contribution in [0.3, 0.4) is 0 Å². The lowest BCUT2D eigenvalue weighted by molar-refractivity contribution is 1.18. The van der Waals surface area contributed by atoms with Gasteiger partial charge in [0, 0.05) is 17.3 Å². The Hall–Kier alpha value is -3.69. The predicted molar refractivity (Wildman–Crippen MR) is 105 cm³/mol. The highest BCUT2D eigenvalue weighted by atomic mass is 35.5. The average Bonchev–Trinajstić information content (AvgIpc) is 2.68. The quantitative estimate of drug-likeness (QED) is 0.556. The topological polar surface area (TPSA) is 108 Å². The molecular formula is C20H12ClN5O. The summed E-state index contributed by atoms with van der Waals surface area (Å²) in [5.74, 6) is 0.0587. The van der Waals surface area contributed by atoms with Gasteiger partial charge in [-0.05, 0) is 23.6 Å². The summed E-state index contributed by atoms with van der Waals surface area (Å²) in [4.78, 5) is 23.5. The maximum Gasteiger partial charge on any atom is 0.257 e. The first-order chi connectivity index (χ1) is 13.1. The lowest BCUT2D eigenvalue weighted by Gasteiger charge is -2.12. The number of rotatable bonds is 2. The van der Waals surface area contributed by atoms with Gasteiger partial charge in [-0.25, -0.2) is 9.97 Å². The molecule has 2 heterocycles. The first kappa shape index (κ1) is 16.8. The van der Waals surface area contributed by atoms with E-state index in [9.17, 15) is 10.1 Å². The van der Waals surface area contributed by atoms with Crippen LogP contribution < -0.4 is 11.3 Å². The van der Waals surface area contributed by atoms with E-state index in [2.05, 4.69) is 15.0 Å². The molecule has 0 atom stereocenters. The van der Waals surface area contributed by atoms with Crippen molar-refractivity contribution >= 4 is 28.2 Å². The fourth-order valence-corrected chi connectivity index (χ4v) is 3.26. The summed E-state index contributed by atoms with van der Waals surface area (Å²) in [5, 5.41) is 10.7. The van der Waals surface area contributed by atoms with Gasteiger partial charge in [-0.3, -0.25) is 4.79 Å². The summed E-state index contributed by atoms with van der Waals surface area (Å²) >= 11 is 6.36. The molecule has 3 N–H and O–H groups in total. The molecule has 0 saturated carbocycles. The van der Waals surface area contributed by atoms with Gasteiger partial charge in [-0.1, -0.05) is 41.9 Å². The molecule has 0 fully saturated rings. The van der Waals surface area contributed by atoms with Crippen molar-refractivity contribution in [1.29, 1.82) is 5.26 Å². The van der Waals surface area contributed by atoms with Crippen LogP contribution in [0.15, 0.2) is 59.5 Å². The standard InChI is InChI=1S/C20H12ClN5O/c21-14-9-13(8-12-6-7-24-20(27)16(12)14)18-17(11-4-2-1-3-5-11)26-19(23)15(10-22)25-18/h1-9H,(H2,23,26)(H,24,27). The molecule has 0 unspecified atom stereocenters. The van der Waals surface area contributed by atoms with Gasteiger partial charge in [-0.15, -0.1) is 0 Å². The summed E-state index contributed by atoms with van der Waals surface area (Å²) < 4.78 is 0. The normalized spacial score (nSPS) is 10.7. The second kappa shape index (κ2) is 6.56. The van der Waals surface area contributed by atoms with Gasteiger partial charge in [0.15, 0.2) is 11.5 Å². The largest absolute Gasteiger partial charge is 0.381 e. The van der Waals surface area contributed by atoms with Gasteiger partial charge in [0.05, 0.1) is 21.8 Å². The number of hydrogen-bond acceptors (Lipinski definition) is 5. The molecular weight excluding hydrogens is 362 g/mol. The van der Waals surface area contributed by atoms with Crippen molar-refractivity contribution in [2.45, 2.75) is 0 Å². The first-order valence-electron chi connectivity index (χ1n) is 8.03. The number of halogens is 1. The third-order valence-electron chi connectivity index (χ3n) is 4.17. The molecule has 130 valence electrons. The minimum absolute atomic E-state index is 0.0341. The molecule has 0 spiro atoms. The highest BCUT2D eigenvalue weighted by molar-refractivity contribution is 6.35. The molecule has 27 heavy (non-hydrogen) atoms. The van der Waals surface area contributed by atoms with Gasteiger partial charge in [0.1, 0.15) is 6.07 Å². The third kappa shape index (κ3) is 2.90. The van der Waals surface area contributed by atoms with Crippen LogP contribution in [0.2, 0.25) is 5.02 Å². The summed E-state index contributed by atoms with van der Waals surface area (Å²) in [7, 11) is 0. The second-order valence-corrected chi connectivity index (χ2v) is 6.27. The van der Waals surface area contributed by atoms with Gasteiger partial charge < -0.3 is 10.7 Å². The number of nitriles is 1. The first-order valence-corrected chi connectivity index (χ1v) is 8.40. The molecule has 2 aromatic carbocycles. The molecule has 0 radical (unpaired) electrons. The van der Waals surface area contributed by atoms with Gasteiger partial charge in [0.25, 0.3) is 5.56 Å². The Labute approximate surface area is 158 Å². The van der Waals surface area contributed by atoms with Crippen LogP contribution in [0.25, 0.3) is 33.3 Å². The van der Waals surface area contributed by atoms with Crippen molar-refractivity contribution in [3.63, 3.8) is 0 Å². The van der Waals surface area contributed by atoms with E-state index in [4.69, 9.17) is 17.3 Å². The Bertz CT molecular complexity index is 1280. The van der Waals surface area contributed by atoms with Crippen molar-refractivity contribution in [2.75, 3.05) is 5.73 Å². The SMILES string of the molecule is N#Cc1nc(-c2cc(Cl)c3c(=O)[nH]ccc3c2)c(-c2ccccc2)nc1N. The molecule has 2 aromatic heterocycles. The summed E-state index contributed by atoms with van der Waals surface area (Å²) in [5.41, 5.74) is 8.10. The zero-order chi connectivity index (χ0) is 19.0. The fraction of sp³-hybridized carbons (Fsp3) is 0. The zero-order valence-corrected chi connectivity index (χ0v) is 14.7. The minimum Gasteiger partial charge on any atom is -0.381 e. The molecule has 7 heteroatoms. The Morgan fingerprint density at radius 2 is 1.78 bits per heavy atom. The number of aromatic amines is 1. The van der Waals surface area contributed by atoms with Crippen LogP contribution in [-0.4, -0.2) is 15.0 Å². The van der Waals surface area contributed by atoms with Crippen molar-refractivity contribution in [3.05, 3.63) is 75.8 Å².